The summed E-state index contributed by atoms with van der Waals surface area (Å²) in [5, 5.41) is 3.31. The number of morpholine rings is 1. The van der Waals surface area contributed by atoms with Crippen molar-refractivity contribution in [2.24, 2.45) is 0 Å². The number of rotatable bonds is 3. The lowest BCUT2D eigenvalue weighted by Gasteiger charge is -2.27. The van der Waals surface area contributed by atoms with E-state index in [1.807, 2.05) is 23.1 Å². The zero-order valence-electron chi connectivity index (χ0n) is 13.5. The summed E-state index contributed by atoms with van der Waals surface area (Å²) in [5.41, 5.74) is 3.92. The van der Waals surface area contributed by atoms with E-state index in [1.54, 1.807) is 12.3 Å². The van der Waals surface area contributed by atoms with Crippen molar-refractivity contribution >= 4 is 17.4 Å². The van der Waals surface area contributed by atoms with Crippen molar-refractivity contribution < 1.29 is 9.53 Å². The Morgan fingerprint density at radius 2 is 1.96 bits per heavy atom. The fourth-order valence-electron chi connectivity index (χ4n) is 2.63. The van der Waals surface area contributed by atoms with Gasteiger partial charge in [0.15, 0.2) is 0 Å². The summed E-state index contributed by atoms with van der Waals surface area (Å²) in [4.78, 5) is 18.9. The number of hydrogen-bond acceptors (Lipinski definition) is 4. The Bertz CT molecular complexity index is 709. The molecule has 0 radical (unpaired) electrons. The normalized spacial score (nSPS) is 14.6. The number of amides is 1. The van der Waals surface area contributed by atoms with Gasteiger partial charge in [-0.05, 0) is 43.2 Å². The van der Waals surface area contributed by atoms with Crippen LogP contribution in [0.15, 0.2) is 36.5 Å². The zero-order chi connectivity index (χ0) is 16.2. The number of hydrogen-bond donors (Lipinski definition) is 1. The highest BCUT2D eigenvalue weighted by atomic mass is 16.5. The number of anilines is 2. The molecule has 120 valence electrons. The summed E-state index contributed by atoms with van der Waals surface area (Å²) in [6.45, 7) is 6.55. The van der Waals surface area contributed by atoms with Crippen LogP contribution in [0.3, 0.4) is 0 Å². The van der Waals surface area contributed by atoms with Gasteiger partial charge in [0, 0.05) is 25.0 Å². The number of nitrogens with one attached hydrogen (secondary N) is 1. The minimum Gasteiger partial charge on any atom is -0.378 e. The molecule has 0 bridgehead atoms. The van der Waals surface area contributed by atoms with Gasteiger partial charge >= 0.3 is 0 Å². The molecule has 1 amide bonds. The Balaban J connectivity index is 1.88. The zero-order valence-corrected chi connectivity index (χ0v) is 13.5. The first-order chi connectivity index (χ1) is 11.2. The molecule has 0 aliphatic carbocycles. The van der Waals surface area contributed by atoms with Crippen LogP contribution in [0, 0.1) is 13.8 Å². The lowest BCUT2D eigenvalue weighted by molar-refractivity contribution is 0.0303. The molecule has 0 unspecified atom stereocenters. The predicted molar refractivity (Wildman–Crippen MR) is 90.2 cm³/mol. The van der Waals surface area contributed by atoms with Crippen LogP contribution in [-0.4, -0.2) is 42.1 Å². The number of benzene rings is 1. The van der Waals surface area contributed by atoms with Crippen LogP contribution in [0.25, 0.3) is 0 Å². The second-order valence-electron chi connectivity index (χ2n) is 5.68. The van der Waals surface area contributed by atoms with E-state index in [-0.39, 0.29) is 5.91 Å². The number of pyridine rings is 1. The van der Waals surface area contributed by atoms with E-state index >= 15 is 0 Å². The molecule has 5 heteroatoms. The van der Waals surface area contributed by atoms with Gasteiger partial charge in [0.1, 0.15) is 5.82 Å². The van der Waals surface area contributed by atoms with Gasteiger partial charge in [0.2, 0.25) is 0 Å². The number of ether oxygens (including phenoxy) is 1. The van der Waals surface area contributed by atoms with Crippen molar-refractivity contribution in [3.05, 3.63) is 53.2 Å². The monoisotopic (exact) mass is 311 g/mol. The highest BCUT2D eigenvalue weighted by Crippen LogP contribution is 2.24. The molecule has 5 nitrogen and oxygen atoms in total. The molecule has 0 spiro atoms. The summed E-state index contributed by atoms with van der Waals surface area (Å²) in [6, 6.07) is 9.68. The number of aromatic nitrogens is 1. The second kappa shape index (κ2) is 6.79. The van der Waals surface area contributed by atoms with Gasteiger partial charge in [-0.25, -0.2) is 4.98 Å². The number of nitrogens with zero attached hydrogens (tertiary/aromatic N) is 2. The lowest BCUT2D eigenvalue weighted by Crippen LogP contribution is -2.40. The highest BCUT2D eigenvalue weighted by Gasteiger charge is 2.21. The van der Waals surface area contributed by atoms with Crippen molar-refractivity contribution in [2.75, 3.05) is 31.6 Å². The molecule has 0 saturated carbocycles. The Hall–Kier alpha value is -2.40. The van der Waals surface area contributed by atoms with E-state index in [4.69, 9.17) is 4.74 Å². The molecule has 1 aromatic heterocycles. The molecule has 1 aromatic carbocycles. The highest BCUT2D eigenvalue weighted by molar-refractivity contribution is 5.99. The summed E-state index contributed by atoms with van der Waals surface area (Å²) >= 11 is 0. The van der Waals surface area contributed by atoms with Gasteiger partial charge in [-0.3, -0.25) is 4.79 Å². The average molecular weight is 311 g/mol. The quantitative estimate of drug-likeness (QED) is 0.947. The molecule has 3 rings (SSSR count). The van der Waals surface area contributed by atoms with Crippen LogP contribution in [0.1, 0.15) is 21.5 Å². The van der Waals surface area contributed by atoms with Crippen molar-refractivity contribution in [1.29, 1.82) is 0 Å². The Kier molecular flexibility index (Phi) is 4.57. The fourth-order valence-corrected chi connectivity index (χ4v) is 2.63. The number of aryl methyl sites for hydroxylation is 1. The molecule has 0 atom stereocenters. The molecule has 1 aliphatic rings. The van der Waals surface area contributed by atoms with E-state index in [0.29, 0.717) is 37.7 Å². The second-order valence-corrected chi connectivity index (χ2v) is 5.68. The summed E-state index contributed by atoms with van der Waals surface area (Å²) in [6.07, 6.45) is 1.70. The predicted octanol–water partition coefficient (Wildman–Crippen LogP) is 2.91. The van der Waals surface area contributed by atoms with Crippen molar-refractivity contribution in [3.63, 3.8) is 0 Å². The summed E-state index contributed by atoms with van der Waals surface area (Å²) in [7, 11) is 0. The summed E-state index contributed by atoms with van der Waals surface area (Å²) < 4.78 is 5.32. The average Bonchev–Trinajstić information content (AvgIpc) is 2.60. The SMILES string of the molecule is Cc1cccc(Nc2ncccc2C(=O)N2CCOCC2)c1C. The van der Waals surface area contributed by atoms with E-state index in [2.05, 4.69) is 30.2 Å². The number of carbonyl (C=O) groups excluding carboxylic acids is 1. The topological polar surface area (TPSA) is 54.5 Å². The third-order valence-corrected chi connectivity index (χ3v) is 4.19. The van der Waals surface area contributed by atoms with E-state index in [1.165, 1.54) is 5.56 Å². The van der Waals surface area contributed by atoms with Crippen LogP contribution in [-0.2, 0) is 4.74 Å². The van der Waals surface area contributed by atoms with Gasteiger partial charge in [-0.2, -0.15) is 0 Å². The van der Waals surface area contributed by atoms with E-state index in [0.717, 1.165) is 11.3 Å². The molecule has 2 heterocycles. The third kappa shape index (κ3) is 3.35. The van der Waals surface area contributed by atoms with Crippen molar-refractivity contribution in [3.8, 4) is 0 Å². The minimum atomic E-state index is -0.00536. The van der Waals surface area contributed by atoms with Crippen molar-refractivity contribution in [2.45, 2.75) is 13.8 Å². The maximum Gasteiger partial charge on any atom is 0.257 e. The fraction of sp³-hybridized carbons (Fsp3) is 0.333. The Morgan fingerprint density at radius 1 is 1.17 bits per heavy atom. The van der Waals surface area contributed by atoms with Crippen molar-refractivity contribution in [1.82, 2.24) is 9.88 Å². The summed E-state index contributed by atoms with van der Waals surface area (Å²) in [5.74, 6) is 0.590. The number of carbonyl (C=O) groups is 1. The van der Waals surface area contributed by atoms with E-state index in [9.17, 15) is 4.79 Å². The molecule has 2 aromatic rings. The lowest BCUT2D eigenvalue weighted by atomic mass is 10.1. The molecule has 1 saturated heterocycles. The molecular formula is C18H21N3O2. The van der Waals surface area contributed by atoms with Gasteiger partial charge < -0.3 is 15.0 Å². The van der Waals surface area contributed by atoms with Crippen LogP contribution >= 0.6 is 0 Å². The first-order valence-electron chi connectivity index (χ1n) is 7.82. The maximum atomic E-state index is 12.8. The maximum absolute atomic E-state index is 12.8. The van der Waals surface area contributed by atoms with Crippen LogP contribution in [0.4, 0.5) is 11.5 Å². The molecule has 1 aliphatic heterocycles. The smallest absolute Gasteiger partial charge is 0.257 e. The third-order valence-electron chi connectivity index (χ3n) is 4.19. The minimum absolute atomic E-state index is 0.00536. The molecule has 1 N–H and O–H groups in total. The standard InChI is InChI=1S/C18H21N3O2/c1-13-5-3-7-16(14(13)2)20-17-15(6-4-8-19-17)18(22)21-9-11-23-12-10-21/h3-8H,9-12H2,1-2H3,(H,19,20). The van der Waals surface area contributed by atoms with E-state index < -0.39 is 0 Å². The van der Waals surface area contributed by atoms with Gasteiger partial charge in [-0.1, -0.05) is 12.1 Å². The molecular weight excluding hydrogens is 290 g/mol. The Morgan fingerprint density at radius 3 is 2.74 bits per heavy atom. The first-order valence-corrected chi connectivity index (χ1v) is 7.82. The van der Waals surface area contributed by atoms with Gasteiger partial charge in [0.25, 0.3) is 5.91 Å². The van der Waals surface area contributed by atoms with Crippen LogP contribution in [0.2, 0.25) is 0 Å². The van der Waals surface area contributed by atoms with Gasteiger partial charge in [0.05, 0.1) is 18.8 Å². The van der Waals surface area contributed by atoms with Crippen LogP contribution in [0.5, 0.6) is 0 Å². The molecule has 23 heavy (non-hydrogen) atoms. The van der Waals surface area contributed by atoms with Gasteiger partial charge in [-0.15, -0.1) is 0 Å². The van der Waals surface area contributed by atoms with Crippen LogP contribution < -0.4 is 5.32 Å². The molecule has 1 fully saturated rings. The first kappa shape index (κ1) is 15.5. The largest absolute Gasteiger partial charge is 0.378 e. The Labute approximate surface area is 136 Å².